The smallest absolute Gasteiger partial charge is 0.164 e. The Morgan fingerprint density at radius 2 is 0.797 bits per heavy atom. The van der Waals surface area contributed by atoms with Gasteiger partial charge in [-0.3, -0.25) is 0 Å². The number of nitrogens with zero attached hydrogens (tertiary/aromatic N) is 5. The maximum absolute atomic E-state index is 5.57. The number of hydrogen-bond acceptors (Lipinski definition) is 3. The van der Waals surface area contributed by atoms with E-state index in [9.17, 15) is 0 Å². The van der Waals surface area contributed by atoms with Crippen molar-refractivity contribution in [2.24, 2.45) is 0 Å². The number of hydrogen-bond donors (Lipinski definition) is 0. The molecule has 0 spiro atoms. The van der Waals surface area contributed by atoms with Crippen molar-refractivity contribution in [2.75, 3.05) is 0 Å². The second-order valence-corrected chi connectivity index (χ2v) is 19.1. The summed E-state index contributed by atoms with van der Waals surface area (Å²) in [6, 6.07) is 93.7. The van der Waals surface area contributed by atoms with E-state index < -0.39 is 0 Å². The lowest BCUT2D eigenvalue weighted by Gasteiger charge is -2.21. The number of aromatic nitrogens is 5. The average molecular weight is 942 g/mol. The topological polar surface area (TPSA) is 48.5 Å². The van der Waals surface area contributed by atoms with Gasteiger partial charge in [0, 0.05) is 54.9 Å². The molecule has 344 valence electrons. The highest BCUT2D eigenvalue weighted by atomic mass is 15.0. The molecule has 0 amide bonds. The molecule has 5 heteroatoms. The van der Waals surface area contributed by atoms with Crippen LogP contribution < -0.4 is 0 Å². The summed E-state index contributed by atoms with van der Waals surface area (Å²) in [6.07, 6.45) is 0. The van der Waals surface area contributed by atoms with Gasteiger partial charge in [-0.05, 0) is 98.2 Å². The molecule has 0 saturated carbocycles. The Labute approximate surface area is 426 Å². The Balaban J connectivity index is 1.06. The van der Waals surface area contributed by atoms with E-state index in [1.807, 2.05) is 18.2 Å². The van der Waals surface area contributed by atoms with Crippen molar-refractivity contribution in [2.45, 2.75) is 0 Å². The molecule has 15 rings (SSSR count). The molecule has 0 aliphatic rings. The van der Waals surface area contributed by atoms with Crippen molar-refractivity contribution >= 4 is 75.9 Å². The quantitative estimate of drug-likeness (QED) is 0.160. The minimum absolute atomic E-state index is 0.593. The maximum atomic E-state index is 5.57. The third kappa shape index (κ3) is 6.68. The van der Waals surface area contributed by atoms with Crippen molar-refractivity contribution in [1.82, 2.24) is 24.1 Å². The number of rotatable bonds is 7. The fraction of sp³-hybridized carbons (Fsp3) is 0. The molecule has 0 bridgehead atoms. The van der Waals surface area contributed by atoms with Gasteiger partial charge in [-0.1, -0.05) is 206 Å². The second kappa shape index (κ2) is 16.8. The Bertz CT molecular complexity index is 4690. The van der Waals surface area contributed by atoms with Gasteiger partial charge >= 0.3 is 0 Å². The van der Waals surface area contributed by atoms with Crippen molar-refractivity contribution in [3.05, 3.63) is 261 Å². The Hall–Kier alpha value is -9.97. The van der Waals surface area contributed by atoms with E-state index >= 15 is 0 Å². The highest BCUT2D eigenvalue weighted by Gasteiger charge is 2.25. The fourth-order valence-corrected chi connectivity index (χ4v) is 11.5. The van der Waals surface area contributed by atoms with Crippen molar-refractivity contribution < 1.29 is 0 Å². The standard InChI is InChI=1S/C69H43N5/c1-5-19-44(20-6-1)50-33-37-56-58(39-50)59(43-57(45-21-7-2-8-22-45)66(56)74-62-38-35-46-23-15-16-30-53(46)65(62)60-40-48-26-13-14-27-49(48)41-64(60)74)69-71-67(47-24-9-3-10-25-47)70-68(72-69)51-34-36-55-54-31-17-18-32-61(54)73(63(55)42-51)52-28-11-4-12-29-52/h1-43H. The molecule has 0 radical (unpaired) electrons. The molecular weight excluding hydrogens is 899 g/mol. The molecular formula is C69H43N5. The second-order valence-electron chi connectivity index (χ2n) is 19.1. The predicted molar refractivity (Wildman–Crippen MR) is 308 cm³/mol. The molecule has 0 saturated heterocycles. The van der Waals surface area contributed by atoms with Gasteiger partial charge in [0.25, 0.3) is 0 Å². The summed E-state index contributed by atoms with van der Waals surface area (Å²) in [4.78, 5) is 16.4. The molecule has 0 fully saturated rings. The highest BCUT2D eigenvalue weighted by Crippen LogP contribution is 2.47. The van der Waals surface area contributed by atoms with Crippen LogP contribution in [0.25, 0.3) is 144 Å². The lowest BCUT2D eigenvalue weighted by molar-refractivity contribution is 1.08. The van der Waals surface area contributed by atoms with Crippen LogP contribution in [0.3, 0.4) is 0 Å². The number of benzene rings is 12. The van der Waals surface area contributed by atoms with Crippen LogP contribution in [0, 0.1) is 0 Å². The van der Waals surface area contributed by atoms with Gasteiger partial charge < -0.3 is 9.13 Å². The summed E-state index contributed by atoms with van der Waals surface area (Å²) in [5.41, 5.74) is 13.8. The number of para-hydroxylation sites is 2. The molecule has 3 aromatic heterocycles. The minimum Gasteiger partial charge on any atom is -0.309 e. The van der Waals surface area contributed by atoms with Crippen LogP contribution in [0.5, 0.6) is 0 Å². The molecule has 0 aliphatic carbocycles. The van der Waals surface area contributed by atoms with Crippen LogP contribution in [-0.2, 0) is 0 Å². The van der Waals surface area contributed by atoms with Gasteiger partial charge in [0.1, 0.15) is 0 Å². The summed E-state index contributed by atoms with van der Waals surface area (Å²) in [7, 11) is 0. The summed E-state index contributed by atoms with van der Waals surface area (Å²) >= 11 is 0. The van der Waals surface area contributed by atoms with Crippen LogP contribution >= 0.6 is 0 Å². The van der Waals surface area contributed by atoms with E-state index in [1.54, 1.807) is 0 Å². The van der Waals surface area contributed by atoms with Gasteiger partial charge in [-0.15, -0.1) is 0 Å². The maximum Gasteiger partial charge on any atom is 0.164 e. The van der Waals surface area contributed by atoms with Crippen molar-refractivity contribution in [3.8, 4) is 67.8 Å². The molecule has 0 N–H and O–H groups in total. The Morgan fingerprint density at radius 3 is 1.55 bits per heavy atom. The lowest BCUT2D eigenvalue weighted by Crippen LogP contribution is -2.04. The summed E-state index contributed by atoms with van der Waals surface area (Å²) in [5.74, 6) is 1.79. The van der Waals surface area contributed by atoms with E-state index in [2.05, 4.69) is 252 Å². The van der Waals surface area contributed by atoms with Crippen molar-refractivity contribution in [3.63, 3.8) is 0 Å². The average Bonchev–Trinajstić information content (AvgIpc) is 4.01. The van der Waals surface area contributed by atoms with Crippen LogP contribution in [0.2, 0.25) is 0 Å². The molecule has 0 unspecified atom stereocenters. The fourth-order valence-electron chi connectivity index (χ4n) is 11.5. The predicted octanol–water partition coefficient (Wildman–Crippen LogP) is 17.9. The Kier molecular flexibility index (Phi) is 9.50. The van der Waals surface area contributed by atoms with Gasteiger partial charge in [0.05, 0.1) is 27.8 Å². The molecule has 0 aliphatic heterocycles. The van der Waals surface area contributed by atoms with Gasteiger partial charge in [-0.25, -0.2) is 15.0 Å². The SMILES string of the molecule is c1ccc(-c2ccc3c(-n4c5cc6ccccc6cc5c5c6ccccc6ccc54)c(-c4ccccc4)cc(-c4nc(-c5ccccc5)nc(-c5ccc6c7ccccc7n(-c7ccccc7)c6c5)n4)c3c2)cc1. The van der Waals surface area contributed by atoms with E-state index in [4.69, 9.17) is 15.0 Å². The third-order valence-electron chi connectivity index (χ3n) is 14.9. The molecule has 3 heterocycles. The third-order valence-corrected chi connectivity index (χ3v) is 14.9. The lowest BCUT2D eigenvalue weighted by atomic mass is 9.91. The molecule has 0 atom stereocenters. The van der Waals surface area contributed by atoms with E-state index in [-0.39, 0.29) is 0 Å². The minimum atomic E-state index is 0.593. The first-order chi connectivity index (χ1) is 36.7. The zero-order chi connectivity index (χ0) is 48.7. The van der Waals surface area contributed by atoms with E-state index in [1.165, 1.54) is 43.1 Å². The van der Waals surface area contributed by atoms with E-state index in [0.717, 1.165) is 83.2 Å². The van der Waals surface area contributed by atoms with Crippen LogP contribution in [0.4, 0.5) is 0 Å². The summed E-state index contributed by atoms with van der Waals surface area (Å²) in [6.45, 7) is 0. The van der Waals surface area contributed by atoms with Crippen LogP contribution in [0.15, 0.2) is 261 Å². The molecule has 15 aromatic rings. The van der Waals surface area contributed by atoms with Gasteiger partial charge in [-0.2, -0.15) is 0 Å². The van der Waals surface area contributed by atoms with Gasteiger partial charge in [0.15, 0.2) is 17.5 Å². The summed E-state index contributed by atoms with van der Waals surface area (Å²) < 4.78 is 4.87. The van der Waals surface area contributed by atoms with Gasteiger partial charge in [0.2, 0.25) is 0 Å². The zero-order valence-corrected chi connectivity index (χ0v) is 40.1. The first-order valence-corrected chi connectivity index (χ1v) is 25.2. The first kappa shape index (κ1) is 41.8. The molecule has 12 aromatic carbocycles. The number of fused-ring (bicyclic) bond motifs is 10. The van der Waals surface area contributed by atoms with Crippen molar-refractivity contribution in [1.29, 1.82) is 0 Å². The monoisotopic (exact) mass is 941 g/mol. The molecule has 5 nitrogen and oxygen atoms in total. The highest BCUT2D eigenvalue weighted by molar-refractivity contribution is 6.24. The van der Waals surface area contributed by atoms with Crippen LogP contribution in [0.1, 0.15) is 0 Å². The Morgan fingerprint density at radius 1 is 0.243 bits per heavy atom. The molecule has 74 heavy (non-hydrogen) atoms. The zero-order valence-electron chi connectivity index (χ0n) is 40.1. The normalized spacial score (nSPS) is 11.8. The largest absolute Gasteiger partial charge is 0.309 e. The first-order valence-electron chi connectivity index (χ1n) is 25.2. The van der Waals surface area contributed by atoms with E-state index in [0.29, 0.717) is 17.5 Å². The summed E-state index contributed by atoms with van der Waals surface area (Å²) in [5, 5.41) is 11.8. The van der Waals surface area contributed by atoms with Crippen LogP contribution in [-0.4, -0.2) is 24.1 Å².